The topological polar surface area (TPSA) is 75.7 Å². The molecule has 0 aromatic heterocycles. The molecular formula is C22H30N2O4S. The van der Waals surface area contributed by atoms with Crippen molar-refractivity contribution >= 4 is 15.9 Å². The van der Waals surface area contributed by atoms with E-state index < -0.39 is 10.0 Å². The number of nitrogens with zero attached hydrogens (tertiary/aromatic N) is 1. The van der Waals surface area contributed by atoms with E-state index in [0.29, 0.717) is 25.9 Å². The van der Waals surface area contributed by atoms with Gasteiger partial charge >= 0.3 is 0 Å². The lowest BCUT2D eigenvalue weighted by molar-refractivity contribution is -0.121. The van der Waals surface area contributed by atoms with Crippen LogP contribution in [0.5, 0.6) is 5.75 Å². The molecule has 0 aliphatic heterocycles. The standard InChI is InChI=1S/C22H30N2O4S/c1-5-24(6-2)29(26,27)21-14-7-18(8-15-21)9-16-22(25)23-17(3)19-10-12-20(28-4)13-11-19/h7-8,10-15,17H,5-6,9,16H2,1-4H3,(H,23,25). The number of benzene rings is 2. The van der Waals surface area contributed by atoms with Crippen LogP contribution >= 0.6 is 0 Å². The van der Waals surface area contributed by atoms with Crippen molar-refractivity contribution < 1.29 is 17.9 Å². The molecule has 1 atom stereocenters. The molecule has 1 N–H and O–H groups in total. The monoisotopic (exact) mass is 418 g/mol. The summed E-state index contributed by atoms with van der Waals surface area (Å²) in [6.45, 7) is 6.45. The Morgan fingerprint density at radius 3 is 2.14 bits per heavy atom. The largest absolute Gasteiger partial charge is 0.497 e. The van der Waals surface area contributed by atoms with E-state index in [9.17, 15) is 13.2 Å². The number of carbonyl (C=O) groups excluding carboxylic acids is 1. The van der Waals surface area contributed by atoms with Gasteiger partial charge in [-0.1, -0.05) is 38.1 Å². The van der Waals surface area contributed by atoms with Crippen molar-refractivity contribution in [3.63, 3.8) is 0 Å². The molecule has 1 amide bonds. The third kappa shape index (κ3) is 6.05. The lowest BCUT2D eigenvalue weighted by atomic mass is 10.1. The normalized spacial score (nSPS) is 12.6. The van der Waals surface area contributed by atoms with E-state index in [-0.39, 0.29) is 16.8 Å². The molecule has 0 saturated carbocycles. The lowest BCUT2D eigenvalue weighted by Gasteiger charge is -2.18. The van der Waals surface area contributed by atoms with E-state index >= 15 is 0 Å². The zero-order valence-corrected chi connectivity index (χ0v) is 18.3. The Labute approximate surface area is 173 Å². The highest BCUT2D eigenvalue weighted by Gasteiger charge is 2.21. The van der Waals surface area contributed by atoms with Gasteiger partial charge in [-0.3, -0.25) is 4.79 Å². The molecule has 7 heteroatoms. The molecule has 0 radical (unpaired) electrons. The number of hydrogen-bond acceptors (Lipinski definition) is 4. The maximum atomic E-state index is 12.5. The van der Waals surface area contributed by atoms with Crippen LogP contribution in [0.15, 0.2) is 53.4 Å². The van der Waals surface area contributed by atoms with Crippen LogP contribution in [-0.2, 0) is 21.2 Å². The summed E-state index contributed by atoms with van der Waals surface area (Å²) in [5.41, 5.74) is 1.93. The van der Waals surface area contributed by atoms with Gasteiger partial charge in [0.05, 0.1) is 18.0 Å². The zero-order valence-electron chi connectivity index (χ0n) is 17.5. The summed E-state index contributed by atoms with van der Waals surface area (Å²) in [6, 6.07) is 14.3. The molecule has 2 aromatic carbocycles. The molecule has 158 valence electrons. The fraction of sp³-hybridized carbons (Fsp3) is 0.409. The third-order valence-corrected chi connectivity index (χ3v) is 6.96. The highest BCUT2D eigenvalue weighted by atomic mass is 32.2. The first kappa shape index (κ1) is 22.9. The van der Waals surface area contributed by atoms with Crippen molar-refractivity contribution in [2.75, 3.05) is 20.2 Å². The second-order valence-corrected chi connectivity index (χ2v) is 8.73. The SMILES string of the molecule is CCN(CC)S(=O)(=O)c1ccc(CCC(=O)NC(C)c2ccc(OC)cc2)cc1. The van der Waals surface area contributed by atoms with E-state index in [2.05, 4.69) is 5.32 Å². The summed E-state index contributed by atoms with van der Waals surface area (Å²) >= 11 is 0. The van der Waals surface area contributed by atoms with Crippen LogP contribution in [0.25, 0.3) is 0 Å². The van der Waals surface area contributed by atoms with Gasteiger partial charge in [0.15, 0.2) is 0 Å². The molecule has 0 aliphatic rings. The van der Waals surface area contributed by atoms with E-state index in [1.165, 1.54) is 4.31 Å². The maximum absolute atomic E-state index is 12.5. The molecule has 0 bridgehead atoms. The van der Waals surface area contributed by atoms with E-state index in [0.717, 1.165) is 16.9 Å². The smallest absolute Gasteiger partial charge is 0.243 e. The molecule has 0 spiro atoms. The number of sulfonamides is 1. The van der Waals surface area contributed by atoms with Gasteiger partial charge in [0.25, 0.3) is 0 Å². The maximum Gasteiger partial charge on any atom is 0.243 e. The van der Waals surface area contributed by atoms with Gasteiger partial charge in [0, 0.05) is 19.5 Å². The van der Waals surface area contributed by atoms with Gasteiger partial charge in [-0.05, 0) is 48.7 Å². The summed E-state index contributed by atoms with van der Waals surface area (Å²) in [6.07, 6.45) is 0.884. The van der Waals surface area contributed by atoms with Crippen LogP contribution in [0.1, 0.15) is 44.4 Å². The number of hydrogen-bond donors (Lipinski definition) is 1. The van der Waals surface area contributed by atoms with Crippen LogP contribution in [0.3, 0.4) is 0 Å². The molecule has 0 saturated heterocycles. The molecular weight excluding hydrogens is 388 g/mol. The van der Waals surface area contributed by atoms with Crippen LogP contribution < -0.4 is 10.1 Å². The number of ether oxygens (including phenoxy) is 1. The van der Waals surface area contributed by atoms with E-state index in [1.54, 1.807) is 31.4 Å². The van der Waals surface area contributed by atoms with Gasteiger partial charge in [0.2, 0.25) is 15.9 Å². The quantitative estimate of drug-likeness (QED) is 0.640. The summed E-state index contributed by atoms with van der Waals surface area (Å²) in [7, 11) is -1.84. The Bertz CT molecular complexity index is 889. The van der Waals surface area contributed by atoms with Crippen molar-refractivity contribution in [2.24, 2.45) is 0 Å². The summed E-state index contributed by atoms with van der Waals surface area (Å²) in [5, 5.41) is 2.99. The van der Waals surface area contributed by atoms with Gasteiger partial charge in [0.1, 0.15) is 5.75 Å². The summed E-state index contributed by atoms with van der Waals surface area (Å²) in [4.78, 5) is 12.6. The van der Waals surface area contributed by atoms with Crippen molar-refractivity contribution in [2.45, 2.75) is 44.6 Å². The zero-order chi connectivity index (χ0) is 21.4. The van der Waals surface area contributed by atoms with Crippen LogP contribution in [-0.4, -0.2) is 38.8 Å². The minimum atomic E-state index is -3.46. The Hall–Kier alpha value is -2.38. The highest BCUT2D eigenvalue weighted by molar-refractivity contribution is 7.89. The van der Waals surface area contributed by atoms with Crippen molar-refractivity contribution in [1.82, 2.24) is 9.62 Å². The molecule has 6 nitrogen and oxygen atoms in total. The highest BCUT2D eigenvalue weighted by Crippen LogP contribution is 2.19. The van der Waals surface area contributed by atoms with Gasteiger partial charge in [-0.15, -0.1) is 0 Å². The number of carbonyl (C=O) groups is 1. The van der Waals surface area contributed by atoms with Crippen LogP contribution in [0, 0.1) is 0 Å². The van der Waals surface area contributed by atoms with Crippen molar-refractivity contribution in [3.8, 4) is 5.75 Å². The Balaban J connectivity index is 1.91. The molecule has 2 rings (SSSR count). The molecule has 0 aliphatic carbocycles. The number of aryl methyl sites for hydroxylation is 1. The number of nitrogens with one attached hydrogen (secondary N) is 1. The summed E-state index contributed by atoms with van der Waals surface area (Å²) in [5.74, 6) is 0.729. The minimum absolute atomic E-state index is 0.0480. The molecule has 29 heavy (non-hydrogen) atoms. The average Bonchev–Trinajstić information content (AvgIpc) is 2.73. The van der Waals surface area contributed by atoms with Gasteiger partial charge < -0.3 is 10.1 Å². The second-order valence-electron chi connectivity index (χ2n) is 6.80. The third-order valence-electron chi connectivity index (χ3n) is 4.90. The Morgan fingerprint density at radius 2 is 1.62 bits per heavy atom. The first-order valence-corrected chi connectivity index (χ1v) is 11.3. The first-order valence-electron chi connectivity index (χ1n) is 9.84. The van der Waals surface area contributed by atoms with Crippen molar-refractivity contribution in [3.05, 3.63) is 59.7 Å². The van der Waals surface area contributed by atoms with E-state index in [1.807, 2.05) is 45.0 Å². The molecule has 2 aromatic rings. The Kier molecular flexibility index (Phi) is 8.22. The second kappa shape index (κ2) is 10.4. The van der Waals surface area contributed by atoms with Crippen LogP contribution in [0.2, 0.25) is 0 Å². The molecule has 1 unspecified atom stereocenters. The lowest BCUT2D eigenvalue weighted by Crippen LogP contribution is -2.30. The first-order chi connectivity index (χ1) is 13.8. The van der Waals surface area contributed by atoms with Crippen LogP contribution in [0.4, 0.5) is 0 Å². The summed E-state index contributed by atoms with van der Waals surface area (Å²) < 4.78 is 31.6. The fourth-order valence-electron chi connectivity index (χ4n) is 3.09. The van der Waals surface area contributed by atoms with Crippen molar-refractivity contribution in [1.29, 1.82) is 0 Å². The predicted octanol–water partition coefficient (Wildman–Crippen LogP) is 3.54. The predicted molar refractivity (Wildman–Crippen MR) is 114 cm³/mol. The molecule has 0 heterocycles. The van der Waals surface area contributed by atoms with Gasteiger partial charge in [-0.2, -0.15) is 4.31 Å². The minimum Gasteiger partial charge on any atom is -0.497 e. The van der Waals surface area contributed by atoms with E-state index in [4.69, 9.17) is 4.74 Å². The fourth-order valence-corrected chi connectivity index (χ4v) is 4.55. The number of rotatable bonds is 10. The number of amides is 1. The Morgan fingerprint density at radius 1 is 1.03 bits per heavy atom. The number of methoxy groups -OCH3 is 1. The van der Waals surface area contributed by atoms with Gasteiger partial charge in [-0.25, -0.2) is 8.42 Å². The molecule has 0 fully saturated rings. The average molecular weight is 419 g/mol.